The Balaban J connectivity index is 1.80. The van der Waals surface area contributed by atoms with E-state index in [0.717, 1.165) is 32.6 Å². The number of nitrogens with one attached hydrogen (secondary N) is 1. The van der Waals surface area contributed by atoms with Crippen LogP contribution in [0.4, 0.5) is 10.1 Å². The lowest BCUT2D eigenvalue weighted by Gasteiger charge is -2.34. The number of amides is 2. The molecule has 0 spiro atoms. The molecule has 0 radical (unpaired) electrons. The van der Waals surface area contributed by atoms with Gasteiger partial charge in [-0.15, -0.1) is 0 Å². The van der Waals surface area contributed by atoms with Crippen molar-refractivity contribution in [3.05, 3.63) is 131 Å². The Morgan fingerprint density at radius 2 is 1.36 bits per heavy atom. The molecule has 7 nitrogen and oxygen atoms in total. The van der Waals surface area contributed by atoms with E-state index in [1.165, 1.54) is 35.2 Å². The number of para-hydroxylation sites is 1. The van der Waals surface area contributed by atoms with Crippen molar-refractivity contribution in [1.29, 1.82) is 0 Å². The van der Waals surface area contributed by atoms with Crippen LogP contribution in [0.25, 0.3) is 0 Å². The first-order chi connectivity index (χ1) is 21.5. The van der Waals surface area contributed by atoms with Crippen molar-refractivity contribution >= 4 is 27.5 Å². The number of benzene rings is 4. The first-order valence-electron chi connectivity index (χ1n) is 15.0. The minimum Gasteiger partial charge on any atom is -0.354 e. The molecular formula is C36H40FN3O4S. The Kier molecular flexibility index (Phi) is 11.1. The average Bonchev–Trinajstić information content (AvgIpc) is 3.02. The van der Waals surface area contributed by atoms with E-state index in [-0.39, 0.29) is 35.4 Å². The summed E-state index contributed by atoms with van der Waals surface area (Å²) in [6.07, 6.45) is 0.201. The van der Waals surface area contributed by atoms with Gasteiger partial charge in [0.2, 0.25) is 11.8 Å². The Hall–Kier alpha value is -4.50. The molecular weight excluding hydrogens is 589 g/mol. The maximum absolute atomic E-state index is 15.2. The van der Waals surface area contributed by atoms with E-state index in [4.69, 9.17) is 0 Å². The van der Waals surface area contributed by atoms with Crippen LogP contribution in [-0.2, 0) is 32.6 Å². The van der Waals surface area contributed by atoms with Crippen LogP contribution >= 0.6 is 0 Å². The van der Waals surface area contributed by atoms with Crippen molar-refractivity contribution in [2.45, 2.75) is 51.6 Å². The molecule has 45 heavy (non-hydrogen) atoms. The molecule has 0 heterocycles. The standard InChI is InChI=1S/C36H40FN3O4S/c1-26(2)23-38-36(42)34(22-29-10-6-5-7-11-29)39(24-30-18-14-27(3)15-19-30)35(41)25-40(33-13-9-8-12-32(33)37)45(43,44)31-20-16-28(4)17-21-31/h5-21,26,34H,22-25H2,1-4H3,(H,38,42). The lowest BCUT2D eigenvalue weighted by Crippen LogP contribution is -2.53. The Bertz CT molecular complexity index is 1690. The van der Waals surface area contributed by atoms with Crippen LogP contribution in [0.3, 0.4) is 0 Å². The first kappa shape index (κ1) is 33.4. The topological polar surface area (TPSA) is 86.8 Å². The molecule has 0 aliphatic rings. The highest BCUT2D eigenvalue weighted by atomic mass is 32.2. The Labute approximate surface area is 265 Å². The van der Waals surface area contributed by atoms with Crippen LogP contribution in [0.5, 0.6) is 0 Å². The van der Waals surface area contributed by atoms with Gasteiger partial charge in [-0.25, -0.2) is 12.8 Å². The summed E-state index contributed by atoms with van der Waals surface area (Å²) in [6, 6.07) is 27.6. The monoisotopic (exact) mass is 629 g/mol. The summed E-state index contributed by atoms with van der Waals surface area (Å²) in [5.41, 5.74) is 3.22. The first-order valence-corrected chi connectivity index (χ1v) is 16.4. The largest absolute Gasteiger partial charge is 0.354 e. The molecule has 0 aliphatic carbocycles. The molecule has 0 saturated heterocycles. The number of carbonyl (C=O) groups is 2. The van der Waals surface area contributed by atoms with Crippen molar-refractivity contribution in [3.63, 3.8) is 0 Å². The summed E-state index contributed by atoms with van der Waals surface area (Å²) < 4.78 is 44.1. The van der Waals surface area contributed by atoms with Gasteiger partial charge in [0.05, 0.1) is 10.6 Å². The minimum atomic E-state index is -4.38. The van der Waals surface area contributed by atoms with Crippen LogP contribution in [0, 0.1) is 25.6 Å². The summed E-state index contributed by atoms with van der Waals surface area (Å²) in [5.74, 6) is -1.62. The van der Waals surface area contributed by atoms with Gasteiger partial charge in [0.25, 0.3) is 10.0 Å². The second-order valence-corrected chi connectivity index (χ2v) is 13.5. The van der Waals surface area contributed by atoms with Gasteiger partial charge in [-0.1, -0.05) is 104 Å². The van der Waals surface area contributed by atoms with Gasteiger partial charge < -0.3 is 10.2 Å². The van der Waals surface area contributed by atoms with Crippen LogP contribution in [0.1, 0.15) is 36.1 Å². The van der Waals surface area contributed by atoms with E-state index in [1.807, 2.05) is 82.3 Å². The number of anilines is 1. The zero-order valence-corrected chi connectivity index (χ0v) is 26.9. The molecule has 1 atom stereocenters. The maximum atomic E-state index is 15.2. The van der Waals surface area contributed by atoms with E-state index in [0.29, 0.717) is 6.54 Å². The number of carbonyl (C=O) groups excluding carboxylic acids is 2. The van der Waals surface area contributed by atoms with Crippen LogP contribution in [-0.4, -0.2) is 44.3 Å². The molecule has 1 unspecified atom stereocenters. The highest BCUT2D eigenvalue weighted by Crippen LogP contribution is 2.27. The second-order valence-electron chi connectivity index (χ2n) is 11.6. The summed E-state index contributed by atoms with van der Waals surface area (Å²) in [4.78, 5) is 29.6. The number of rotatable bonds is 13. The van der Waals surface area contributed by atoms with Gasteiger partial charge in [0.1, 0.15) is 18.4 Å². The number of nitrogens with zero attached hydrogens (tertiary/aromatic N) is 2. The number of halogens is 1. The third-order valence-electron chi connectivity index (χ3n) is 7.44. The third kappa shape index (κ3) is 8.79. The van der Waals surface area contributed by atoms with Gasteiger partial charge in [0, 0.05) is 19.5 Å². The SMILES string of the molecule is Cc1ccc(CN(C(=O)CN(c2ccccc2F)S(=O)(=O)c2ccc(C)cc2)C(Cc2ccccc2)C(=O)NCC(C)C)cc1. The predicted molar refractivity (Wildman–Crippen MR) is 176 cm³/mol. The lowest BCUT2D eigenvalue weighted by molar-refractivity contribution is -0.140. The Morgan fingerprint density at radius 1 is 0.778 bits per heavy atom. The Morgan fingerprint density at radius 3 is 1.96 bits per heavy atom. The van der Waals surface area contributed by atoms with Crippen molar-refractivity contribution in [2.24, 2.45) is 5.92 Å². The van der Waals surface area contributed by atoms with E-state index in [9.17, 15) is 18.0 Å². The summed E-state index contributed by atoms with van der Waals surface area (Å²) in [5, 5.41) is 2.96. The number of sulfonamides is 1. The summed E-state index contributed by atoms with van der Waals surface area (Å²) in [7, 11) is -4.38. The molecule has 0 aromatic heterocycles. The van der Waals surface area contributed by atoms with Gasteiger partial charge in [-0.2, -0.15) is 0 Å². The normalized spacial score (nSPS) is 12.0. The van der Waals surface area contributed by atoms with Gasteiger partial charge in [-0.3, -0.25) is 13.9 Å². The van der Waals surface area contributed by atoms with Gasteiger partial charge in [0.15, 0.2) is 0 Å². The highest BCUT2D eigenvalue weighted by Gasteiger charge is 2.35. The third-order valence-corrected chi connectivity index (χ3v) is 9.21. The summed E-state index contributed by atoms with van der Waals surface area (Å²) in [6.45, 7) is 7.46. The number of aryl methyl sites for hydroxylation is 2. The minimum absolute atomic E-state index is 0.0431. The van der Waals surface area contributed by atoms with Crippen LogP contribution < -0.4 is 9.62 Å². The van der Waals surface area contributed by atoms with Crippen molar-refractivity contribution < 1.29 is 22.4 Å². The zero-order valence-electron chi connectivity index (χ0n) is 26.1. The molecule has 9 heteroatoms. The predicted octanol–water partition coefficient (Wildman–Crippen LogP) is 6.05. The highest BCUT2D eigenvalue weighted by molar-refractivity contribution is 7.92. The molecule has 0 saturated carbocycles. The number of hydrogen-bond donors (Lipinski definition) is 1. The molecule has 0 fully saturated rings. The second kappa shape index (κ2) is 15.0. The van der Waals surface area contributed by atoms with Crippen LogP contribution in [0.15, 0.2) is 108 Å². The maximum Gasteiger partial charge on any atom is 0.264 e. The quantitative estimate of drug-likeness (QED) is 0.195. The van der Waals surface area contributed by atoms with E-state index < -0.39 is 34.3 Å². The molecule has 4 rings (SSSR count). The molecule has 236 valence electrons. The molecule has 0 aliphatic heterocycles. The van der Waals surface area contributed by atoms with Crippen molar-refractivity contribution in [2.75, 3.05) is 17.4 Å². The fourth-order valence-electron chi connectivity index (χ4n) is 4.87. The number of hydrogen-bond acceptors (Lipinski definition) is 4. The van der Waals surface area contributed by atoms with Gasteiger partial charge >= 0.3 is 0 Å². The fourth-order valence-corrected chi connectivity index (χ4v) is 6.29. The molecule has 2 amide bonds. The van der Waals surface area contributed by atoms with Crippen molar-refractivity contribution in [1.82, 2.24) is 10.2 Å². The van der Waals surface area contributed by atoms with Gasteiger partial charge in [-0.05, 0) is 55.2 Å². The average molecular weight is 630 g/mol. The molecule has 0 bridgehead atoms. The van der Waals surface area contributed by atoms with E-state index in [2.05, 4.69) is 5.32 Å². The van der Waals surface area contributed by atoms with Crippen molar-refractivity contribution in [3.8, 4) is 0 Å². The smallest absolute Gasteiger partial charge is 0.264 e. The van der Waals surface area contributed by atoms with Crippen LogP contribution in [0.2, 0.25) is 0 Å². The van der Waals surface area contributed by atoms with E-state index in [1.54, 1.807) is 12.1 Å². The zero-order chi connectivity index (χ0) is 32.6. The summed E-state index contributed by atoms with van der Waals surface area (Å²) >= 11 is 0. The molecule has 1 N–H and O–H groups in total. The molecule has 4 aromatic rings. The fraction of sp³-hybridized carbons (Fsp3) is 0.278. The van der Waals surface area contributed by atoms with E-state index >= 15 is 4.39 Å². The lowest BCUT2D eigenvalue weighted by atomic mass is 10.0. The molecule has 4 aromatic carbocycles.